The number of hydrogen-bond acceptors (Lipinski definition) is 4. The van der Waals surface area contributed by atoms with Gasteiger partial charge in [0.25, 0.3) is 5.91 Å². The van der Waals surface area contributed by atoms with Crippen molar-refractivity contribution in [2.45, 2.75) is 0 Å². The molecular weight excluding hydrogens is 250 g/mol. The summed E-state index contributed by atoms with van der Waals surface area (Å²) in [4.78, 5) is 22.8. The normalized spacial score (nSPS) is 9.95. The number of carbonyl (C=O) groups excluding carboxylic acids is 1. The number of H-pyrrole nitrogens is 1. The van der Waals surface area contributed by atoms with Gasteiger partial charge in [-0.1, -0.05) is 6.07 Å². The molecule has 1 amide bonds. The van der Waals surface area contributed by atoms with Crippen LogP contribution >= 0.6 is 0 Å². The Bertz CT molecular complexity index is 621. The van der Waals surface area contributed by atoms with Crippen molar-refractivity contribution in [3.8, 4) is 5.75 Å². The second-order valence-corrected chi connectivity index (χ2v) is 3.65. The van der Waals surface area contributed by atoms with Crippen molar-refractivity contribution in [3.05, 3.63) is 41.7 Å². The molecule has 0 aliphatic heterocycles. The highest BCUT2D eigenvalue weighted by Crippen LogP contribution is 2.17. The van der Waals surface area contributed by atoms with Crippen molar-refractivity contribution in [1.29, 1.82) is 0 Å². The van der Waals surface area contributed by atoms with Crippen molar-refractivity contribution in [2.75, 3.05) is 12.4 Å². The molecule has 0 aliphatic carbocycles. The maximum Gasteiger partial charge on any atom is 0.339 e. The summed E-state index contributed by atoms with van der Waals surface area (Å²) in [6.07, 6.45) is 1.09. The Balaban J connectivity index is 2.20. The molecule has 0 saturated heterocycles. The molecule has 7 heteroatoms. The first-order valence-electron chi connectivity index (χ1n) is 5.34. The fourth-order valence-electron chi connectivity index (χ4n) is 1.52. The number of nitrogens with one attached hydrogen (secondary N) is 2. The van der Waals surface area contributed by atoms with E-state index in [1.807, 2.05) is 0 Å². The molecule has 19 heavy (non-hydrogen) atoms. The van der Waals surface area contributed by atoms with E-state index < -0.39 is 11.9 Å². The molecular formula is C12H11N3O4. The zero-order chi connectivity index (χ0) is 13.8. The maximum atomic E-state index is 11.9. The van der Waals surface area contributed by atoms with E-state index in [2.05, 4.69) is 15.5 Å². The Labute approximate surface area is 108 Å². The van der Waals surface area contributed by atoms with Gasteiger partial charge in [-0.25, -0.2) is 4.79 Å². The van der Waals surface area contributed by atoms with Crippen molar-refractivity contribution < 1.29 is 19.4 Å². The first-order valence-corrected chi connectivity index (χ1v) is 5.34. The molecule has 7 nitrogen and oxygen atoms in total. The van der Waals surface area contributed by atoms with Gasteiger partial charge in [-0.2, -0.15) is 5.10 Å². The van der Waals surface area contributed by atoms with E-state index in [1.165, 1.54) is 7.11 Å². The van der Waals surface area contributed by atoms with Gasteiger partial charge in [0.05, 0.1) is 13.3 Å². The largest absolute Gasteiger partial charge is 0.497 e. The Morgan fingerprint density at radius 3 is 2.89 bits per heavy atom. The van der Waals surface area contributed by atoms with Gasteiger partial charge >= 0.3 is 5.97 Å². The summed E-state index contributed by atoms with van der Waals surface area (Å²) >= 11 is 0. The smallest absolute Gasteiger partial charge is 0.339 e. The summed E-state index contributed by atoms with van der Waals surface area (Å²) in [6.45, 7) is 0. The fraction of sp³-hybridized carbons (Fsp3) is 0.0833. The highest BCUT2D eigenvalue weighted by Gasteiger charge is 2.18. The quantitative estimate of drug-likeness (QED) is 0.771. The Morgan fingerprint density at radius 1 is 1.42 bits per heavy atom. The lowest BCUT2D eigenvalue weighted by atomic mass is 10.2. The zero-order valence-electron chi connectivity index (χ0n) is 10.0. The minimum atomic E-state index is -1.22. The van der Waals surface area contributed by atoms with Crippen molar-refractivity contribution in [3.63, 3.8) is 0 Å². The number of benzene rings is 1. The number of carbonyl (C=O) groups is 2. The van der Waals surface area contributed by atoms with Crippen LogP contribution in [0.1, 0.15) is 20.8 Å². The highest BCUT2D eigenvalue weighted by atomic mass is 16.5. The summed E-state index contributed by atoms with van der Waals surface area (Å²) in [5, 5.41) is 17.4. The third-order valence-electron chi connectivity index (χ3n) is 2.42. The summed E-state index contributed by atoms with van der Waals surface area (Å²) in [7, 11) is 1.51. The lowest BCUT2D eigenvalue weighted by Crippen LogP contribution is -2.16. The average Bonchev–Trinajstić information content (AvgIpc) is 2.88. The molecule has 98 valence electrons. The number of rotatable bonds is 4. The van der Waals surface area contributed by atoms with Gasteiger partial charge in [-0.05, 0) is 12.1 Å². The van der Waals surface area contributed by atoms with Crippen molar-refractivity contribution in [1.82, 2.24) is 10.2 Å². The highest BCUT2D eigenvalue weighted by molar-refractivity contribution is 6.09. The topological polar surface area (TPSA) is 104 Å². The Hall–Kier alpha value is -2.83. The van der Waals surface area contributed by atoms with Gasteiger partial charge in [0.15, 0.2) is 0 Å². The molecule has 1 aromatic carbocycles. The average molecular weight is 261 g/mol. The second-order valence-electron chi connectivity index (χ2n) is 3.65. The number of anilines is 1. The number of carboxylic acid groups (broad SMARTS) is 1. The predicted octanol–water partition coefficient (Wildman–Crippen LogP) is 1.37. The van der Waals surface area contributed by atoms with Crippen LogP contribution in [0.4, 0.5) is 5.69 Å². The van der Waals surface area contributed by atoms with Gasteiger partial charge in [0, 0.05) is 11.8 Å². The van der Waals surface area contributed by atoms with Gasteiger partial charge in [0.1, 0.15) is 17.0 Å². The van der Waals surface area contributed by atoms with Gasteiger partial charge < -0.3 is 15.2 Å². The van der Waals surface area contributed by atoms with E-state index in [1.54, 1.807) is 24.3 Å². The van der Waals surface area contributed by atoms with Gasteiger partial charge in [-0.15, -0.1) is 0 Å². The fourth-order valence-corrected chi connectivity index (χ4v) is 1.52. The predicted molar refractivity (Wildman–Crippen MR) is 66.5 cm³/mol. The first kappa shape index (κ1) is 12.6. The molecule has 0 radical (unpaired) electrons. The van der Waals surface area contributed by atoms with E-state index in [0.717, 1.165) is 6.20 Å². The molecule has 0 atom stereocenters. The number of aromatic carboxylic acids is 1. The SMILES string of the molecule is COc1cccc(NC(=O)c2[nH]ncc2C(=O)O)c1. The zero-order valence-corrected chi connectivity index (χ0v) is 10.0. The molecule has 2 aromatic rings. The van der Waals surface area contributed by atoms with Crippen LogP contribution in [0.5, 0.6) is 5.75 Å². The molecule has 2 rings (SSSR count). The summed E-state index contributed by atoms with van der Waals surface area (Å²) < 4.78 is 5.02. The lowest BCUT2D eigenvalue weighted by Gasteiger charge is -2.06. The minimum Gasteiger partial charge on any atom is -0.497 e. The molecule has 0 fully saturated rings. The van der Waals surface area contributed by atoms with Gasteiger partial charge in [0.2, 0.25) is 0 Å². The van der Waals surface area contributed by atoms with E-state index >= 15 is 0 Å². The van der Waals surface area contributed by atoms with Crippen molar-refractivity contribution in [2.24, 2.45) is 0 Å². The number of nitrogens with zero attached hydrogens (tertiary/aromatic N) is 1. The Morgan fingerprint density at radius 2 is 2.21 bits per heavy atom. The number of hydrogen-bond donors (Lipinski definition) is 3. The Kier molecular flexibility index (Phi) is 3.46. The van der Waals surface area contributed by atoms with Crippen LogP contribution in [0.25, 0.3) is 0 Å². The van der Waals surface area contributed by atoms with E-state index in [4.69, 9.17) is 9.84 Å². The molecule has 0 unspecified atom stereocenters. The number of aromatic amines is 1. The van der Waals surface area contributed by atoms with Crippen LogP contribution in [0.3, 0.4) is 0 Å². The lowest BCUT2D eigenvalue weighted by molar-refractivity contribution is 0.0692. The maximum absolute atomic E-state index is 11.9. The minimum absolute atomic E-state index is 0.102. The van der Waals surface area contributed by atoms with Crippen LogP contribution in [0.15, 0.2) is 30.5 Å². The number of ether oxygens (including phenoxy) is 1. The van der Waals surface area contributed by atoms with Crippen LogP contribution in [0.2, 0.25) is 0 Å². The van der Waals surface area contributed by atoms with Crippen molar-refractivity contribution >= 4 is 17.6 Å². The monoisotopic (exact) mass is 261 g/mol. The molecule has 1 aromatic heterocycles. The standard InChI is InChI=1S/C12H11N3O4/c1-19-8-4-2-3-7(5-8)14-11(16)10-9(12(17)18)6-13-15-10/h2-6H,1H3,(H,13,15)(H,14,16)(H,17,18). The summed E-state index contributed by atoms with van der Waals surface area (Å²) in [5.41, 5.74) is 0.214. The second kappa shape index (κ2) is 5.21. The third-order valence-corrected chi connectivity index (χ3v) is 2.42. The number of methoxy groups -OCH3 is 1. The third kappa shape index (κ3) is 2.71. The van der Waals surface area contributed by atoms with E-state index in [0.29, 0.717) is 11.4 Å². The number of carboxylic acids is 1. The van der Waals surface area contributed by atoms with Crippen LogP contribution in [-0.4, -0.2) is 34.3 Å². The first-order chi connectivity index (χ1) is 9.11. The summed E-state index contributed by atoms with van der Waals surface area (Å²) in [6, 6.07) is 6.72. The molecule has 0 aliphatic rings. The molecule has 0 saturated carbocycles. The van der Waals surface area contributed by atoms with Crippen LogP contribution in [-0.2, 0) is 0 Å². The van der Waals surface area contributed by atoms with E-state index in [9.17, 15) is 9.59 Å². The van der Waals surface area contributed by atoms with Crippen LogP contribution in [0, 0.1) is 0 Å². The van der Waals surface area contributed by atoms with Crippen LogP contribution < -0.4 is 10.1 Å². The van der Waals surface area contributed by atoms with Gasteiger partial charge in [-0.3, -0.25) is 9.89 Å². The molecule has 3 N–H and O–H groups in total. The summed E-state index contributed by atoms with van der Waals surface area (Å²) in [5.74, 6) is -1.21. The molecule has 0 spiro atoms. The number of aromatic nitrogens is 2. The molecule has 0 bridgehead atoms. The van der Waals surface area contributed by atoms with E-state index in [-0.39, 0.29) is 11.3 Å². The molecule has 1 heterocycles. The number of amides is 1.